The maximum Gasteiger partial charge on any atom is 0.119 e. The molecular weight excluding hydrogens is 254 g/mol. The Kier molecular flexibility index (Phi) is 4.04. The van der Waals surface area contributed by atoms with E-state index >= 15 is 0 Å². The van der Waals surface area contributed by atoms with Gasteiger partial charge in [0.1, 0.15) is 5.75 Å². The molecule has 3 rings (SSSR count). The van der Waals surface area contributed by atoms with Crippen molar-refractivity contribution in [1.29, 1.82) is 0 Å². The molecule has 1 N–H and O–H groups in total. The zero-order valence-corrected chi connectivity index (χ0v) is 12.6. The third kappa shape index (κ3) is 2.63. The third-order valence-electron chi connectivity index (χ3n) is 4.53. The van der Waals surface area contributed by atoms with Gasteiger partial charge in [-0.3, -0.25) is 0 Å². The Labute approximate surface area is 120 Å². The minimum absolute atomic E-state index is 0.689. The van der Waals surface area contributed by atoms with Gasteiger partial charge in [-0.25, -0.2) is 0 Å². The van der Waals surface area contributed by atoms with E-state index in [-0.39, 0.29) is 0 Å². The molecule has 1 aromatic carbocycles. The van der Waals surface area contributed by atoms with E-state index in [2.05, 4.69) is 42.2 Å². The standard InChI is InChI=1S/C16H23NOS/c1-3-19-10-12-9-17-13-6-11-4-5-14(18-2)8-16(11)15(12)7-13/h4-5,8,12-13,15,17H,3,6-7,9-10H2,1-2H3/t12-,13-,15+/m1/s1. The summed E-state index contributed by atoms with van der Waals surface area (Å²) in [6.07, 6.45) is 2.48. The summed E-state index contributed by atoms with van der Waals surface area (Å²) >= 11 is 2.07. The molecule has 0 radical (unpaired) electrons. The van der Waals surface area contributed by atoms with Gasteiger partial charge in [-0.05, 0) is 66.0 Å². The molecule has 0 spiro atoms. The summed E-state index contributed by atoms with van der Waals surface area (Å²) in [5.41, 5.74) is 3.08. The quantitative estimate of drug-likeness (QED) is 0.914. The van der Waals surface area contributed by atoms with Crippen LogP contribution in [0, 0.1) is 5.92 Å². The van der Waals surface area contributed by atoms with Gasteiger partial charge in [0.15, 0.2) is 0 Å². The number of piperidine rings is 1. The highest BCUT2D eigenvalue weighted by atomic mass is 32.2. The molecule has 104 valence electrons. The Hall–Kier alpha value is -0.670. The summed E-state index contributed by atoms with van der Waals surface area (Å²) in [5.74, 6) is 5.00. The third-order valence-corrected chi connectivity index (χ3v) is 5.60. The van der Waals surface area contributed by atoms with Crippen LogP contribution in [0.5, 0.6) is 5.75 Å². The van der Waals surface area contributed by atoms with E-state index in [1.165, 1.54) is 36.5 Å². The lowest BCUT2D eigenvalue weighted by atomic mass is 9.71. The van der Waals surface area contributed by atoms with Crippen molar-refractivity contribution in [2.45, 2.75) is 31.7 Å². The minimum atomic E-state index is 0.689. The highest BCUT2D eigenvalue weighted by molar-refractivity contribution is 7.99. The Morgan fingerprint density at radius 2 is 2.32 bits per heavy atom. The number of nitrogens with one attached hydrogen (secondary N) is 1. The molecule has 2 aliphatic rings. The largest absolute Gasteiger partial charge is 0.497 e. The molecule has 1 aliphatic carbocycles. The van der Waals surface area contributed by atoms with Crippen molar-refractivity contribution in [3.8, 4) is 5.75 Å². The molecule has 0 saturated carbocycles. The summed E-state index contributed by atoms with van der Waals surface area (Å²) in [4.78, 5) is 0. The smallest absolute Gasteiger partial charge is 0.119 e. The van der Waals surface area contributed by atoms with Gasteiger partial charge in [-0.1, -0.05) is 13.0 Å². The van der Waals surface area contributed by atoms with E-state index in [0.29, 0.717) is 6.04 Å². The number of methoxy groups -OCH3 is 1. The van der Waals surface area contributed by atoms with Gasteiger partial charge >= 0.3 is 0 Å². The van der Waals surface area contributed by atoms with E-state index in [0.717, 1.165) is 17.6 Å². The SMILES string of the molecule is CCSC[C@H]1CN[C@@H]2Cc3ccc(OC)cc3[C@H]1C2. The molecule has 0 aromatic heterocycles. The first-order valence-electron chi connectivity index (χ1n) is 7.29. The predicted molar refractivity (Wildman–Crippen MR) is 82.3 cm³/mol. The van der Waals surface area contributed by atoms with E-state index in [1.54, 1.807) is 12.7 Å². The molecule has 1 saturated heterocycles. The second-order valence-electron chi connectivity index (χ2n) is 5.64. The molecular formula is C16H23NOS. The van der Waals surface area contributed by atoms with E-state index in [9.17, 15) is 0 Å². The fourth-order valence-electron chi connectivity index (χ4n) is 3.52. The lowest BCUT2D eigenvalue weighted by Gasteiger charge is -2.42. The highest BCUT2D eigenvalue weighted by Gasteiger charge is 2.36. The minimum Gasteiger partial charge on any atom is -0.497 e. The predicted octanol–water partition coefficient (Wildman–Crippen LogP) is 3.07. The van der Waals surface area contributed by atoms with Crippen LogP contribution in [-0.2, 0) is 6.42 Å². The summed E-state index contributed by atoms with van der Waals surface area (Å²) in [6.45, 7) is 3.43. The molecule has 0 amide bonds. The topological polar surface area (TPSA) is 21.3 Å². The van der Waals surface area contributed by atoms with Gasteiger partial charge in [0.05, 0.1) is 7.11 Å². The average molecular weight is 277 g/mol. The normalized spacial score (nSPS) is 28.8. The molecule has 1 heterocycles. The summed E-state index contributed by atoms with van der Waals surface area (Å²) < 4.78 is 5.41. The van der Waals surface area contributed by atoms with E-state index < -0.39 is 0 Å². The maximum absolute atomic E-state index is 5.41. The molecule has 2 nitrogen and oxygen atoms in total. The highest BCUT2D eigenvalue weighted by Crippen LogP contribution is 2.42. The number of rotatable bonds is 4. The van der Waals surface area contributed by atoms with Crippen molar-refractivity contribution in [2.24, 2.45) is 5.92 Å². The summed E-state index contributed by atoms with van der Waals surface area (Å²) in [5, 5.41) is 3.73. The molecule has 1 aliphatic heterocycles. The summed E-state index contributed by atoms with van der Waals surface area (Å²) in [7, 11) is 1.76. The second-order valence-corrected chi connectivity index (χ2v) is 6.95. The van der Waals surface area contributed by atoms with E-state index in [4.69, 9.17) is 4.74 Å². The number of thioether (sulfide) groups is 1. The average Bonchev–Trinajstić information content (AvgIpc) is 2.46. The Morgan fingerprint density at radius 3 is 3.11 bits per heavy atom. The van der Waals surface area contributed by atoms with Crippen LogP contribution in [0.3, 0.4) is 0 Å². The van der Waals surface area contributed by atoms with Crippen molar-refractivity contribution in [3.05, 3.63) is 29.3 Å². The first-order valence-corrected chi connectivity index (χ1v) is 8.45. The molecule has 19 heavy (non-hydrogen) atoms. The zero-order valence-electron chi connectivity index (χ0n) is 11.8. The maximum atomic E-state index is 5.41. The number of benzene rings is 1. The van der Waals surface area contributed by atoms with Crippen LogP contribution in [0.1, 0.15) is 30.4 Å². The van der Waals surface area contributed by atoms with Crippen LogP contribution < -0.4 is 10.1 Å². The molecule has 1 aromatic rings. The zero-order chi connectivity index (χ0) is 13.2. The van der Waals surface area contributed by atoms with Crippen molar-refractivity contribution < 1.29 is 4.74 Å². The fourth-order valence-corrected chi connectivity index (χ4v) is 4.41. The summed E-state index contributed by atoms with van der Waals surface area (Å²) in [6, 6.07) is 7.35. The van der Waals surface area contributed by atoms with Crippen LogP contribution in [0.25, 0.3) is 0 Å². The number of hydrogen-bond donors (Lipinski definition) is 1. The Bertz CT molecular complexity index is 448. The first-order chi connectivity index (χ1) is 9.31. The van der Waals surface area contributed by atoms with Crippen LogP contribution in [0.15, 0.2) is 18.2 Å². The molecule has 3 atom stereocenters. The van der Waals surface area contributed by atoms with Crippen molar-refractivity contribution >= 4 is 11.8 Å². The Balaban J connectivity index is 1.88. The molecule has 3 heteroatoms. The van der Waals surface area contributed by atoms with Crippen LogP contribution in [0.4, 0.5) is 0 Å². The van der Waals surface area contributed by atoms with Crippen molar-refractivity contribution in [1.82, 2.24) is 5.32 Å². The van der Waals surface area contributed by atoms with Gasteiger partial charge in [0, 0.05) is 6.04 Å². The van der Waals surface area contributed by atoms with Gasteiger partial charge in [0.2, 0.25) is 0 Å². The van der Waals surface area contributed by atoms with Gasteiger partial charge < -0.3 is 10.1 Å². The lowest BCUT2D eigenvalue weighted by Crippen LogP contribution is -2.47. The number of fused-ring (bicyclic) bond motifs is 4. The molecule has 0 unspecified atom stereocenters. The van der Waals surface area contributed by atoms with Crippen LogP contribution >= 0.6 is 11.8 Å². The first kappa shape index (κ1) is 13.3. The van der Waals surface area contributed by atoms with E-state index in [1.807, 2.05) is 0 Å². The van der Waals surface area contributed by atoms with Gasteiger partial charge in [-0.2, -0.15) is 11.8 Å². The van der Waals surface area contributed by atoms with Gasteiger partial charge in [-0.15, -0.1) is 0 Å². The number of ether oxygens (including phenoxy) is 1. The monoisotopic (exact) mass is 277 g/mol. The fraction of sp³-hybridized carbons (Fsp3) is 0.625. The van der Waals surface area contributed by atoms with Crippen LogP contribution in [-0.4, -0.2) is 31.2 Å². The lowest BCUT2D eigenvalue weighted by molar-refractivity contribution is 0.269. The Morgan fingerprint density at radius 1 is 1.42 bits per heavy atom. The van der Waals surface area contributed by atoms with Gasteiger partial charge in [0.25, 0.3) is 0 Å². The second kappa shape index (κ2) is 5.76. The van der Waals surface area contributed by atoms with Crippen molar-refractivity contribution in [2.75, 3.05) is 25.2 Å². The number of hydrogen-bond acceptors (Lipinski definition) is 3. The van der Waals surface area contributed by atoms with Crippen LogP contribution in [0.2, 0.25) is 0 Å². The van der Waals surface area contributed by atoms with Crippen molar-refractivity contribution in [3.63, 3.8) is 0 Å². The molecule has 1 fully saturated rings. The molecule has 2 bridgehead atoms.